The van der Waals surface area contributed by atoms with Gasteiger partial charge in [0.2, 0.25) is 0 Å². The fraction of sp³-hybridized carbons (Fsp3) is 0.0714. The Balaban J connectivity index is 2.19. The van der Waals surface area contributed by atoms with Crippen molar-refractivity contribution in [1.29, 1.82) is 0 Å². The number of hydrogen-bond acceptors (Lipinski definition) is 3. The molecule has 0 amide bonds. The highest BCUT2D eigenvalue weighted by atomic mass is 79.9. The van der Waals surface area contributed by atoms with Crippen LogP contribution in [0.5, 0.6) is 0 Å². The molecule has 0 saturated heterocycles. The third-order valence-corrected chi connectivity index (χ3v) is 4.00. The topological polar surface area (TPSA) is 52.3 Å². The molecule has 0 spiro atoms. The van der Waals surface area contributed by atoms with Gasteiger partial charge in [-0.1, -0.05) is 0 Å². The molecule has 0 heterocycles. The molecule has 0 aliphatic carbocycles. The van der Waals surface area contributed by atoms with Gasteiger partial charge in [0, 0.05) is 10.2 Å². The van der Waals surface area contributed by atoms with Crippen LogP contribution in [-0.2, 0) is 11.3 Å². The molecule has 2 rings (SSSR count). The number of rotatable bonds is 3. The minimum atomic E-state index is -0.797. The second-order valence-corrected chi connectivity index (χ2v) is 5.85. The number of ether oxygens (including phenoxy) is 1. The van der Waals surface area contributed by atoms with E-state index in [9.17, 15) is 13.6 Å². The summed E-state index contributed by atoms with van der Waals surface area (Å²) in [4.78, 5) is 11.9. The van der Waals surface area contributed by atoms with Crippen LogP contribution in [0.2, 0.25) is 0 Å². The maximum absolute atomic E-state index is 13.8. The van der Waals surface area contributed by atoms with Gasteiger partial charge in [-0.3, -0.25) is 0 Å². The van der Waals surface area contributed by atoms with Gasteiger partial charge in [0.05, 0.1) is 15.6 Å². The molecule has 21 heavy (non-hydrogen) atoms. The Labute approximate surface area is 136 Å². The van der Waals surface area contributed by atoms with E-state index in [4.69, 9.17) is 10.5 Å². The van der Waals surface area contributed by atoms with Crippen LogP contribution < -0.4 is 5.73 Å². The molecule has 0 unspecified atom stereocenters. The molecule has 2 aromatic rings. The van der Waals surface area contributed by atoms with Gasteiger partial charge in [0.15, 0.2) is 0 Å². The Bertz CT molecular complexity index is 708. The molecule has 0 radical (unpaired) electrons. The third kappa shape index (κ3) is 3.59. The lowest BCUT2D eigenvalue weighted by molar-refractivity contribution is 0.0463. The Morgan fingerprint density at radius 3 is 2.52 bits per heavy atom. The van der Waals surface area contributed by atoms with Crippen molar-refractivity contribution in [2.75, 3.05) is 5.73 Å². The maximum atomic E-state index is 13.8. The standard InChI is InChI=1S/C14H9Br2F2NO2/c15-10-2-1-7(19)5-8(10)14(20)21-6-9-12(17)4-3-11(16)13(9)18/h1-5H,6,19H2. The summed E-state index contributed by atoms with van der Waals surface area (Å²) < 4.78 is 32.8. The lowest BCUT2D eigenvalue weighted by atomic mass is 10.2. The molecule has 0 aliphatic heterocycles. The smallest absolute Gasteiger partial charge is 0.339 e. The monoisotopic (exact) mass is 419 g/mol. The summed E-state index contributed by atoms with van der Waals surface area (Å²) in [6.45, 7) is -0.517. The zero-order valence-electron chi connectivity index (χ0n) is 10.5. The number of carbonyl (C=O) groups excluding carboxylic acids is 1. The first-order valence-electron chi connectivity index (χ1n) is 5.74. The predicted molar refractivity (Wildman–Crippen MR) is 81.7 cm³/mol. The SMILES string of the molecule is Nc1ccc(Br)c(C(=O)OCc2c(F)ccc(Br)c2F)c1. The number of nitrogen functional groups attached to an aromatic ring is 1. The summed E-state index contributed by atoms with van der Waals surface area (Å²) in [5, 5.41) is 0. The molecule has 0 atom stereocenters. The van der Waals surface area contributed by atoms with Crippen molar-refractivity contribution in [2.24, 2.45) is 0 Å². The first kappa shape index (κ1) is 15.9. The Kier molecular flexibility index (Phi) is 4.95. The van der Waals surface area contributed by atoms with E-state index in [1.807, 2.05) is 0 Å². The molecule has 0 aromatic heterocycles. The first-order valence-corrected chi connectivity index (χ1v) is 7.33. The molecule has 3 nitrogen and oxygen atoms in total. The van der Waals surface area contributed by atoms with E-state index in [0.29, 0.717) is 10.2 Å². The highest BCUT2D eigenvalue weighted by Crippen LogP contribution is 2.24. The minimum absolute atomic E-state index is 0.0973. The lowest BCUT2D eigenvalue weighted by Crippen LogP contribution is -2.09. The summed E-state index contributed by atoms with van der Waals surface area (Å²) in [7, 11) is 0. The molecular formula is C14H9Br2F2NO2. The summed E-state index contributed by atoms with van der Waals surface area (Å²) in [5.41, 5.74) is 5.83. The Morgan fingerprint density at radius 1 is 1.14 bits per heavy atom. The van der Waals surface area contributed by atoms with Gasteiger partial charge < -0.3 is 10.5 Å². The summed E-state index contributed by atoms with van der Waals surface area (Å²) in [6, 6.07) is 6.94. The third-order valence-electron chi connectivity index (χ3n) is 2.70. The number of hydrogen-bond donors (Lipinski definition) is 1. The quantitative estimate of drug-likeness (QED) is 0.454. The van der Waals surface area contributed by atoms with Crippen LogP contribution in [-0.4, -0.2) is 5.97 Å². The molecule has 0 fully saturated rings. The fourth-order valence-electron chi connectivity index (χ4n) is 1.62. The van der Waals surface area contributed by atoms with Crippen LogP contribution in [0.1, 0.15) is 15.9 Å². The van der Waals surface area contributed by atoms with Gasteiger partial charge >= 0.3 is 5.97 Å². The Hall–Kier alpha value is -1.47. The molecule has 110 valence electrons. The molecule has 7 heteroatoms. The van der Waals surface area contributed by atoms with Gasteiger partial charge in [0.25, 0.3) is 0 Å². The molecule has 2 N–H and O–H groups in total. The lowest BCUT2D eigenvalue weighted by Gasteiger charge is -2.09. The highest BCUT2D eigenvalue weighted by molar-refractivity contribution is 9.10. The second-order valence-electron chi connectivity index (χ2n) is 4.14. The molecule has 0 bridgehead atoms. The van der Waals surface area contributed by atoms with Gasteiger partial charge in [-0.15, -0.1) is 0 Å². The highest BCUT2D eigenvalue weighted by Gasteiger charge is 2.17. The van der Waals surface area contributed by atoms with Crippen molar-refractivity contribution in [3.63, 3.8) is 0 Å². The van der Waals surface area contributed by atoms with Gasteiger partial charge in [-0.05, 0) is 62.2 Å². The van der Waals surface area contributed by atoms with Crippen molar-refractivity contribution >= 4 is 43.5 Å². The van der Waals surface area contributed by atoms with Crippen LogP contribution in [0.15, 0.2) is 39.3 Å². The number of nitrogens with two attached hydrogens (primary N) is 1. The van der Waals surface area contributed by atoms with E-state index < -0.39 is 24.2 Å². The zero-order valence-corrected chi connectivity index (χ0v) is 13.7. The van der Waals surface area contributed by atoms with E-state index in [1.165, 1.54) is 12.1 Å². The van der Waals surface area contributed by atoms with Crippen LogP contribution >= 0.6 is 31.9 Å². The van der Waals surface area contributed by atoms with E-state index >= 15 is 0 Å². The number of anilines is 1. The molecule has 2 aromatic carbocycles. The average Bonchev–Trinajstić information content (AvgIpc) is 2.45. The maximum Gasteiger partial charge on any atom is 0.339 e. The summed E-state index contributed by atoms with van der Waals surface area (Å²) >= 11 is 6.13. The van der Waals surface area contributed by atoms with Crippen LogP contribution in [0, 0.1) is 11.6 Å². The number of esters is 1. The zero-order chi connectivity index (χ0) is 15.6. The fourth-order valence-corrected chi connectivity index (χ4v) is 2.40. The van der Waals surface area contributed by atoms with Crippen molar-refractivity contribution in [1.82, 2.24) is 0 Å². The van der Waals surface area contributed by atoms with Crippen LogP contribution in [0.4, 0.5) is 14.5 Å². The predicted octanol–water partition coefficient (Wildman–Crippen LogP) is 4.43. The van der Waals surface area contributed by atoms with Gasteiger partial charge in [0.1, 0.15) is 18.2 Å². The molecule has 0 aliphatic rings. The first-order chi connectivity index (χ1) is 9.90. The van der Waals surface area contributed by atoms with Crippen molar-refractivity contribution in [2.45, 2.75) is 6.61 Å². The largest absolute Gasteiger partial charge is 0.457 e. The van der Waals surface area contributed by atoms with Crippen molar-refractivity contribution in [3.8, 4) is 0 Å². The van der Waals surface area contributed by atoms with E-state index in [1.54, 1.807) is 12.1 Å². The normalized spacial score (nSPS) is 10.5. The van der Waals surface area contributed by atoms with Crippen molar-refractivity contribution in [3.05, 3.63) is 62.0 Å². The van der Waals surface area contributed by atoms with Gasteiger partial charge in [-0.2, -0.15) is 0 Å². The second kappa shape index (κ2) is 6.53. The number of carbonyl (C=O) groups is 1. The average molecular weight is 421 g/mol. The van der Waals surface area contributed by atoms with E-state index in [0.717, 1.165) is 6.07 Å². The van der Waals surface area contributed by atoms with Crippen LogP contribution in [0.25, 0.3) is 0 Å². The van der Waals surface area contributed by atoms with E-state index in [-0.39, 0.29) is 15.6 Å². The minimum Gasteiger partial charge on any atom is -0.457 e. The summed E-state index contributed by atoms with van der Waals surface area (Å²) in [6.07, 6.45) is 0. The number of halogens is 4. The van der Waals surface area contributed by atoms with E-state index in [2.05, 4.69) is 31.9 Å². The summed E-state index contributed by atoms with van der Waals surface area (Å²) in [5.74, 6) is -2.31. The van der Waals surface area contributed by atoms with Gasteiger partial charge in [-0.25, -0.2) is 13.6 Å². The van der Waals surface area contributed by atoms with Crippen LogP contribution in [0.3, 0.4) is 0 Å². The molecular weight excluding hydrogens is 412 g/mol. The number of benzene rings is 2. The Morgan fingerprint density at radius 2 is 1.81 bits per heavy atom. The molecule has 0 saturated carbocycles. The van der Waals surface area contributed by atoms with Crippen molar-refractivity contribution < 1.29 is 18.3 Å².